The first-order valence-electron chi connectivity index (χ1n) is 10.1. The van der Waals surface area contributed by atoms with Crippen molar-refractivity contribution in [2.75, 3.05) is 32.7 Å². The largest absolute Gasteiger partial charge is 0.443 e. The van der Waals surface area contributed by atoms with Crippen molar-refractivity contribution in [2.45, 2.75) is 72.8 Å². The van der Waals surface area contributed by atoms with Crippen molar-refractivity contribution >= 4 is 29.9 Å². The third-order valence-electron chi connectivity index (χ3n) is 4.03. The number of nitrogens with one attached hydrogen (secondary N) is 2. The predicted octanol–water partition coefficient (Wildman–Crippen LogP) is 4.16. The summed E-state index contributed by atoms with van der Waals surface area (Å²) in [5.74, 6) is 2.37. The molecule has 1 heterocycles. The standard InChI is InChI=1S/C20H39N5O.HI/c1-7-12-25(13-8-2)14-10-11-22-19(21-9-3)24-16-18-23-15-17(26-18)20(4,5)6;/h15H,7-14,16H2,1-6H3,(H2,21,22,24);1H. The molecule has 0 bridgehead atoms. The van der Waals surface area contributed by atoms with Gasteiger partial charge < -0.3 is 20.0 Å². The van der Waals surface area contributed by atoms with Crippen LogP contribution in [0.25, 0.3) is 0 Å². The van der Waals surface area contributed by atoms with E-state index in [-0.39, 0.29) is 29.4 Å². The average molecular weight is 493 g/mol. The van der Waals surface area contributed by atoms with Crippen molar-refractivity contribution in [1.82, 2.24) is 20.5 Å². The first kappa shape index (κ1) is 26.2. The van der Waals surface area contributed by atoms with E-state index in [1.165, 1.54) is 25.9 Å². The van der Waals surface area contributed by atoms with Crippen LogP contribution in [0.15, 0.2) is 15.6 Å². The Morgan fingerprint density at radius 2 is 1.78 bits per heavy atom. The maximum Gasteiger partial charge on any atom is 0.216 e. The van der Waals surface area contributed by atoms with E-state index in [0.717, 1.165) is 37.8 Å². The molecule has 0 unspecified atom stereocenters. The molecule has 0 aliphatic rings. The molecule has 6 nitrogen and oxygen atoms in total. The Hall–Kier alpha value is -0.830. The van der Waals surface area contributed by atoms with E-state index in [0.29, 0.717) is 12.4 Å². The van der Waals surface area contributed by atoms with Gasteiger partial charge in [0.1, 0.15) is 12.3 Å². The summed E-state index contributed by atoms with van der Waals surface area (Å²) in [6.45, 7) is 18.6. The second-order valence-electron chi connectivity index (χ2n) is 7.69. The average Bonchev–Trinajstić information content (AvgIpc) is 3.06. The Labute approximate surface area is 183 Å². The molecule has 0 saturated heterocycles. The molecule has 27 heavy (non-hydrogen) atoms. The summed E-state index contributed by atoms with van der Waals surface area (Å²) in [5.41, 5.74) is -0.0272. The lowest BCUT2D eigenvalue weighted by Crippen LogP contribution is -2.39. The summed E-state index contributed by atoms with van der Waals surface area (Å²) in [6.07, 6.45) is 5.34. The highest BCUT2D eigenvalue weighted by atomic mass is 127. The van der Waals surface area contributed by atoms with E-state index in [1.807, 2.05) is 0 Å². The number of rotatable bonds is 11. The van der Waals surface area contributed by atoms with Crippen LogP contribution in [0.2, 0.25) is 0 Å². The van der Waals surface area contributed by atoms with Crippen LogP contribution in [0.1, 0.15) is 72.5 Å². The molecule has 1 rings (SSSR count). The van der Waals surface area contributed by atoms with Crippen molar-refractivity contribution < 1.29 is 4.42 Å². The molecule has 0 aromatic carbocycles. The lowest BCUT2D eigenvalue weighted by Gasteiger charge is -2.21. The third kappa shape index (κ3) is 10.9. The maximum absolute atomic E-state index is 5.81. The smallest absolute Gasteiger partial charge is 0.216 e. The van der Waals surface area contributed by atoms with Crippen LogP contribution in [0, 0.1) is 0 Å². The SMILES string of the molecule is CCCN(CCC)CCCNC(=NCc1ncc(C(C)(C)C)o1)NCC.I. The van der Waals surface area contributed by atoms with E-state index < -0.39 is 0 Å². The zero-order chi connectivity index (χ0) is 19.4. The summed E-state index contributed by atoms with van der Waals surface area (Å²) in [7, 11) is 0. The molecule has 0 radical (unpaired) electrons. The van der Waals surface area contributed by atoms with E-state index >= 15 is 0 Å². The van der Waals surface area contributed by atoms with Gasteiger partial charge in [-0.1, -0.05) is 34.6 Å². The summed E-state index contributed by atoms with van der Waals surface area (Å²) < 4.78 is 5.81. The number of nitrogens with zero attached hydrogens (tertiary/aromatic N) is 3. The van der Waals surface area contributed by atoms with Crippen molar-refractivity contribution in [3.63, 3.8) is 0 Å². The third-order valence-corrected chi connectivity index (χ3v) is 4.03. The van der Waals surface area contributed by atoms with E-state index in [4.69, 9.17) is 4.42 Å². The van der Waals surface area contributed by atoms with Gasteiger partial charge in [0, 0.05) is 18.5 Å². The van der Waals surface area contributed by atoms with Crippen LogP contribution in [0.5, 0.6) is 0 Å². The molecule has 0 amide bonds. The Morgan fingerprint density at radius 1 is 1.11 bits per heavy atom. The predicted molar refractivity (Wildman–Crippen MR) is 125 cm³/mol. The van der Waals surface area contributed by atoms with Gasteiger partial charge >= 0.3 is 0 Å². The minimum atomic E-state index is -0.0272. The number of aromatic nitrogens is 1. The maximum atomic E-state index is 5.81. The molecule has 7 heteroatoms. The summed E-state index contributed by atoms with van der Waals surface area (Å²) >= 11 is 0. The topological polar surface area (TPSA) is 65.7 Å². The van der Waals surface area contributed by atoms with E-state index in [2.05, 4.69) is 67.1 Å². The summed E-state index contributed by atoms with van der Waals surface area (Å²) in [6, 6.07) is 0. The molecular weight excluding hydrogens is 453 g/mol. The molecule has 1 aromatic heterocycles. The van der Waals surface area contributed by atoms with Crippen LogP contribution in [0.4, 0.5) is 0 Å². The molecule has 0 spiro atoms. The number of aliphatic imine (C=N–C) groups is 1. The van der Waals surface area contributed by atoms with E-state index in [9.17, 15) is 0 Å². The highest BCUT2D eigenvalue weighted by Gasteiger charge is 2.19. The number of oxazole rings is 1. The Bertz CT molecular complexity index is 519. The van der Waals surface area contributed by atoms with Gasteiger partial charge in [-0.05, 0) is 45.8 Å². The Morgan fingerprint density at radius 3 is 2.30 bits per heavy atom. The second kappa shape index (κ2) is 14.2. The molecule has 0 atom stereocenters. The number of guanidine groups is 1. The van der Waals surface area contributed by atoms with Gasteiger partial charge in [0.2, 0.25) is 5.89 Å². The van der Waals surface area contributed by atoms with Crippen molar-refractivity contribution in [2.24, 2.45) is 4.99 Å². The zero-order valence-electron chi connectivity index (χ0n) is 18.1. The molecule has 158 valence electrons. The van der Waals surface area contributed by atoms with Gasteiger partial charge in [-0.25, -0.2) is 9.98 Å². The van der Waals surface area contributed by atoms with Crippen molar-refractivity contribution in [3.05, 3.63) is 17.8 Å². The van der Waals surface area contributed by atoms with Crippen LogP contribution in [0.3, 0.4) is 0 Å². The molecule has 0 fully saturated rings. The minimum absolute atomic E-state index is 0. The summed E-state index contributed by atoms with van der Waals surface area (Å²) in [4.78, 5) is 11.5. The van der Waals surface area contributed by atoms with Gasteiger partial charge in [-0.3, -0.25) is 0 Å². The molecule has 0 saturated carbocycles. The normalized spacial score (nSPS) is 12.2. The van der Waals surface area contributed by atoms with Gasteiger partial charge in [-0.15, -0.1) is 24.0 Å². The van der Waals surface area contributed by atoms with Crippen molar-refractivity contribution in [1.29, 1.82) is 0 Å². The van der Waals surface area contributed by atoms with Gasteiger partial charge in [0.25, 0.3) is 0 Å². The first-order valence-corrected chi connectivity index (χ1v) is 10.1. The molecular formula is C20H40IN5O. The highest BCUT2D eigenvalue weighted by Crippen LogP contribution is 2.22. The quantitative estimate of drug-likeness (QED) is 0.210. The van der Waals surface area contributed by atoms with Crippen LogP contribution in [-0.2, 0) is 12.0 Å². The number of hydrogen-bond acceptors (Lipinski definition) is 4. The Balaban J connectivity index is 0.00000676. The molecule has 1 aromatic rings. The molecule has 2 N–H and O–H groups in total. The first-order chi connectivity index (χ1) is 12.4. The minimum Gasteiger partial charge on any atom is -0.443 e. The molecule has 0 aliphatic carbocycles. The lowest BCUT2D eigenvalue weighted by molar-refractivity contribution is 0.271. The number of halogens is 1. The lowest BCUT2D eigenvalue weighted by atomic mass is 9.94. The molecule has 0 aliphatic heterocycles. The highest BCUT2D eigenvalue weighted by molar-refractivity contribution is 14.0. The van der Waals surface area contributed by atoms with Gasteiger partial charge in [0.15, 0.2) is 5.96 Å². The van der Waals surface area contributed by atoms with Gasteiger partial charge in [0.05, 0.1) is 6.20 Å². The van der Waals surface area contributed by atoms with Crippen LogP contribution in [-0.4, -0.2) is 48.6 Å². The fourth-order valence-electron chi connectivity index (χ4n) is 2.70. The second-order valence-corrected chi connectivity index (χ2v) is 7.69. The van der Waals surface area contributed by atoms with Crippen molar-refractivity contribution in [3.8, 4) is 0 Å². The fraction of sp³-hybridized carbons (Fsp3) is 0.800. The van der Waals surface area contributed by atoms with E-state index in [1.54, 1.807) is 6.20 Å². The fourth-order valence-corrected chi connectivity index (χ4v) is 2.70. The van der Waals surface area contributed by atoms with Gasteiger partial charge in [-0.2, -0.15) is 0 Å². The van der Waals surface area contributed by atoms with Crippen LogP contribution < -0.4 is 10.6 Å². The monoisotopic (exact) mass is 493 g/mol. The zero-order valence-corrected chi connectivity index (χ0v) is 20.4. The summed E-state index contributed by atoms with van der Waals surface area (Å²) in [5, 5.41) is 6.69. The van der Waals surface area contributed by atoms with Crippen LogP contribution >= 0.6 is 24.0 Å². The Kier molecular flexibility index (Phi) is 13.8. The number of hydrogen-bond donors (Lipinski definition) is 2.